The van der Waals surface area contributed by atoms with Gasteiger partial charge in [0.05, 0.1) is 15.5 Å². The summed E-state index contributed by atoms with van der Waals surface area (Å²) in [5, 5.41) is 14.6. The zero-order valence-corrected chi connectivity index (χ0v) is 14.2. The molecule has 7 nitrogen and oxygen atoms in total. The molecule has 0 radical (unpaired) electrons. The van der Waals surface area contributed by atoms with Gasteiger partial charge >= 0.3 is 5.97 Å². The van der Waals surface area contributed by atoms with Crippen LogP contribution in [-0.4, -0.2) is 35.4 Å². The summed E-state index contributed by atoms with van der Waals surface area (Å²) in [7, 11) is 1.59. The first-order valence-corrected chi connectivity index (χ1v) is 8.06. The molecule has 1 amide bonds. The molecule has 0 atom stereocenters. The van der Waals surface area contributed by atoms with Crippen LogP contribution in [0.4, 0.5) is 5.69 Å². The van der Waals surface area contributed by atoms with Gasteiger partial charge in [-0.05, 0) is 28.5 Å². The molecule has 0 bridgehead atoms. The molecule has 0 unspecified atom stereocenters. The molecule has 0 aliphatic rings. The lowest BCUT2D eigenvalue weighted by Gasteiger charge is -2.16. The molecule has 0 aliphatic carbocycles. The number of nitro groups is 1. The van der Waals surface area contributed by atoms with Crippen molar-refractivity contribution in [2.24, 2.45) is 0 Å². The topological polar surface area (TPSA) is 89.8 Å². The molecule has 0 N–H and O–H groups in total. The molecule has 0 saturated carbocycles. The van der Waals surface area contributed by atoms with E-state index in [-0.39, 0.29) is 16.3 Å². The van der Waals surface area contributed by atoms with Gasteiger partial charge in [0.1, 0.15) is 0 Å². The summed E-state index contributed by atoms with van der Waals surface area (Å²) < 4.78 is 4.91. The number of benzene rings is 1. The second-order valence-corrected chi connectivity index (χ2v) is 6.07. The number of rotatable bonds is 6. The van der Waals surface area contributed by atoms with Gasteiger partial charge in [-0.25, -0.2) is 4.79 Å². The van der Waals surface area contributed by atoms with E-state index >= 15 is 0 Å². The van der Waals surface area contributed by atoms with E-state index in [1.54, 1.807) is 7.05 Å². The minimum Gasteiger partial charge on any atom is -0.452 e. The van der Waals surface area contributed by atoms with Crippen molar-refractivity contribution in [1.29, 1.82) is 0 Å². The molecule has 0 fully saturated rings. The number of thiophene rings is 1. The van der Waals surface area contributed by atoms with Crippen LogP contribution in [0.15, 0.2) is 35.0 Å². The maximum absolute atomic E-state index is 12.0. The number of esters is 1. The summed E-state index contributed by atoms with van der Waals surface area (Å²) in [5.41, 5.74) is 0.537. The maximum Gasteiger partial charge on any atom is 0.340 e. The summed E-state index contributed by atoms with van der Waals surface area (Å²) in [6.07, 6.45) is 0. The van der Waals surface area contributed by atoms with Gasteiger partial charge in [-0.15, -0.1) is 0 Å². The smallest absolute Gasteiger partial charge is 0.340 e. The number of likely N-dealkylation sites (N-methyl/N-ethyl adjacent to an activating group) is 1. The predicted molar refractivity (Wildman–Crippen MR) is 89.2 cm³/mol. The van der Waals surface area contributed by atoms with Crippen molar-refractivity contribution in [3.05, 3.63) is 61.3 Å². The fraction of sp³-hybridized carbons (Fsp3) is 0.200. The highest BCUT2D eigenvalue weighted by atomic mass is 35.5. The standard InChI is InChI=1S/C15H13ClN2O5S/c1-17(7-10-4-5-24-9-10)14(19)8-23-15(20)12-6-11(18(21)22)2-3-13(12)16/h2-6,9H,7-8H2,1H3. The summed E-state index contributed by atoms with van der Waals surface area (Å²) in [5.74, 6) is -1.28. The van der Waals surface area contributed by atoms with Gasteiger partial charge in [-0.2, -0.15) is 11.3 Å². The Morgan fingerprint density at radius 2 is 2.12 bits per heavy atom. The first kappa shape index (κ1) is 17.9. The third-order valence-electron chi connectivity index (χ3n) is 3.13. The van der Waals surface area contributed by atoms with Crippen molar-refractivity contribution in [2.45, 2.75) is 6.54 Å². The Hall–Kier alpha value is -2.45. The van der Waals surface area contributed by atoms with Gasteiger partial charge in [-0.3, -0.25) is 14.9 Å². The van der Waals surface area contributed by atoms with Crippen LogP contribution in [0.25, 0.3) is 0 Å². The van der Waals surface area contributed by atoms with E-state index in [0.29, 0.717) is 6.54 Å². The average Bonchev–Trinajstić information content (AvgIpc) is 3.05. The van der Waals surface area contributed by atoms with Crippen molar-refractivity contribution in [1.82, 2.24) is 4.90 Å². The molecule has 0 saturated heterocycles. The molecule has 1 aromatic heterocycles. The zero-order valence-electron chi connectivity index (χ0n) is 12.6. The van der Waals surface area contributed by atoms with Crippen molar-refractivity contribution in [3.8, 4) is 0 Å². The van der Waals surface area contributed by atoms with Crippen LogP contribution in [0, 0.1) is 10.1 Å². The maximum atomic E-state index is 12.0. The highest BCUT2D eigenvalue weighted by molar-refractivity contribution is 7.07. The van der Waals surface area contributed by atoms with Crippen LogP contribution < -0.4 is 0 Å². The number of non-ortho nitro benzene ring substituents is 1. The Kier molecular flexibility index (Phi) is 5.88. The average molecular weight is 369 g/mol. The number of amides is 1. The minimum absolute atomic E-state index is 0.0182. The molecule has 1 aromatic carbocycles. The van der Waals surface area contributed by atoms with E-state index in [1.807, 2.05) is 16.8 Å². The van der Waals surface area contributed by atoms with E-state index in [0.717, 1.165) is 11.6 Å². The predicted octanol–water partition coefficient (Wildman–Crippen LogP) is 3.13. The molecule has 2 aromatic rings. The number of hydrogen-bond donors (Lipinski definition) is 0. The minimum atomic E-state index is -0.888. The molecule has 2 rings (SSSR count). The van der Waals surface area contributed by atoms with E-state index in [1.165, 1.54) is 28.4 Å². The van der Waals surface area contributed by atoms with E-state index in [2.05, 4.69) is 0 Å². The molecule has 0 aliphatic heterocycles. The lowest BCUT2D eigenvalue weighted by Crippen LogP contribution is -2.30. The number of carbonyl (C=O) groups excluding carboxylic acids is 2. The fourth-order valence-electron chi connectivity index (χ4n) is 1.84. The molecule has 126 valence electrons. The number of nitro benzene ring substituents is 1. The van der Waals surface area contributed by atoms with Crippen LogP contribution in [-0.2, 0) is 16.1 Å². The first-order chi connectivity index (χ1) is 11.4. The number of halogens is 1. The van der Waals surface area contributed by atoms with Crippen molar-refractivity contribution >= 4 is 40.5 Å². The van der Waals surface area contributed by atoms with Crippen LogP contribution in [0.5, 0.6) is 0 Å². The Balaban J connectivity index is 1.96. The Bertz CT molecular complexity index is 763. The highest BCUT2D eigenvalue weighted by Crippen LogP contribution is 2.22. The Labute approximate surface area is 146 Å². The van der Waals surface area contributed by atoms with Crippen molar-refractivity contribution in [2.75, 3.05) is 13.7 Å². The van der Waals surface area contributed by atoms with Crippen LogP contribution in [0.2, 0.25) is 5.02 Å². The quantitative estimate of drug-likeness (QED) is 0.444. The van der Waals surface area contributed by atoms with Gasteiger partial charge in [0.15, 0.2) is 6.61 Å². The van der Waals surface area contributed by atoms with Gasteiger partial charge in [-0.1, -0.05) is 11.6 Å². The SMILES string of the molecule is CN(Cc1ccsc1)C(=O)COC(=O)c1cc([N+](=O)[O-])ccc1Cl. The lowest BCUT2D eigenvalue weighted by molar-refractivity contribution is -0.384. The van der Waals surface area contributed by atoms with Gasteiger partial charge in [0.25, 0.3) is 11.6 Å². The van der Waals surface area contributed by atoms with Crippen LogP contribution in [0.1, 0.15) is 15.9 Å². The largest absolute Gasteiger partial charge is 0.452 e. The molecular weight excluding hydrogens is 356 g/mol. The van der Waals surface area contributed by atoms with Crippen molar-refractivity contribution < 1.29 is 19.2 Å². The summed E-state index contributed by atoms with van der Waals surface area (Å²) in [4.78, 5) is 35.5. The van der Waals surface area contributed by atoms with E-state index < -0.39 is 23.4 Å². The Morgan fingerprint density at radius 1 is 1.38 bits per heavy atom. The second-order valence-electron chi connectivity index (χ2n) is 4.88. The van der Waals surface area contributed by atoms with E-state index in [9.17, 15) is 19.7 Å². The van der Waals surface area contributed by atoms with Crippen molar-refractivity contribution in [3.63, 3.8) is 0 Å². The Morgan fingerprint density at radius 3 is 2.75 bits per heavy atom. The van der Waals surface area contributed by atoms with E-state index in [4.69, 9.17) is 16.3 Å². The monoisotopic (exact) mass is 368 g/mol. The first-order valence-electron chi connectivity index (χ1n) is 6.74. The van der Waals surface area contributed by atoms with Crippen LogP contribution in [0.3, 0.4) is 0 Å². The zero-order chi connectivity index (χ0) is 17.7. The summed E-state index contributed by atoms with van der Waals surface area (Å²) in [6.45, 7) is -0.0735. The number of ether oxygens (including phenoxy) is 1. The molecule has 0 spiro atoms. The van der Waals surface area contributed by atoms with Crippen LogP contribution >= 0.6 is 22.9 Å². The lowest BCUT2D eigenvalue weighted by atomic mass is 10.2. The number of carbonyl (C=O) groups is 2. The highest BCUT2D eigenvalue weighted by Gasteiger charge is 2.19. The van der Waals surface area contributed by atoms with Gasteiger partial charge in [0.2, 0.25) is 0 Å². The number of hydrogen-bond acceptors (Lipinski definition) is 6. The molecule has 24 heavy (non-hydrogen) atoms. The number of nitrogens with zero attached hydrogens (tertiary/aromatic N) is 2. The molecule has 1 heterocycles. The fourth-order valence-corrected chi connectivity index (χ4v) is 2.70. The summed E-state index contributed by atoms with van der Waals surface area (Å²) in [6, 6.07) is 5.33. The third kappa shape index (κ3) is 4.53. The normalized spacial score (nSPS) is 10.2. The summed E-state index contributed by atoms with van der Waals surface area (Å²) >= 11 is 7.37. The molecule has 9 heteroatoms. The van der Waals surface area contributed by atoms with Gasteiger partial charge < -0.3 is 9.64 Å². The second kappa shape index (κ2) is 7.89. The van der Waals surface area contributed by atoms with Gasteiger partial charge in [0, 0.05) is 25.7 Å². The molecular formula is C15H13ClN2O5S. The third-order valence-corrected chi connectivity index (χ3v) is 4.19.